The van der Waals surface area contributed by atoms with E-state index in [0.717, 1.165) is 28.2 Å². The third kappa shape index (κ3) is 3.44. The molecule has 0 unspecified atom stereocenters. The molecule has 0 spiro atoms. The molecule has 0 aliphatic heterocycles. The second kappa shape index (κ2) is 7.52. The first-order valence-electron chi connectivity index (χ1n) is 8.96. The standard InChI is InChI=1S/C22H20N4O2/c1-15(27)17-4-3-5-18(12-17)20-14-25-21(22-23-10-11-26(20)22)24-13-16-6-8-19(28-2)9-7-16/h3-12,14H,13H2,1-2H3,(H,24,25). The van der Waals surface area contributed by atoms with Gasteiger partial charge in [0.25, 0.3) is 0 Å². The van der Waals surface area contributed by atoms with E-state index in [1.54, 1.807) is 26.4 Å². The number of benzene rings is 2. The van der Waals surface area contributed by atoms with E-state index in [1.165, 1.54) is 0 Å². The van der Waals surface area contributed by atoms with Crippen LogP contribution in [0.4, 0.5) is 5.82 Å². The average Bonchev–Trinajstić information content (AvgIpc) is 3.22. The molecule has 28 heavy (non-hydrogen) atoms. The lowest BCUT2D eigenvalue weighted by Crippen LogP contribution is -2.05. The summed E-state index contributed by atoms with van der Waals surface area (Å²) in [6.45, 7) is 2.19. The third-order valence-electron chi connectivity index (χ3n) is 4.61. The fourth-order valence-electron chi connectivity index (χ4n) is 3.08. The van der Waals surface area contributed by atoms with Crippen LogP contribution in [0.2, 0.25) is 0 Å². The number of ether oxygens (including phenoxy) is 1. The first-order valence-corrected chi connectivity index (χ1v) is 8.96. The normalized spacial score (nSPS) is 10.8. The molecule has 0 radical (unpaired) electrons. The van der Waals surface area contributed by atoms with Gasteiger partial charge < -0.3 is 10.1 Å². The minimum atomic E-state index is 0.0365. The SMILES string of the molecule is COc1ccc(CNc2ncc(-c3cccc(C(C)=O)c3)n3ccnc23)cc1. The van der Waals surface area contributed by atoms with Crippen molar-refractivity contribution in [3.8, 4) is 17.0 Å². The molecule has 4 rings (SSSR count). The number of nitrogens with one attached hydrogen (secondary N) is 1. The molecule has 0 saturated carbocycles. The van der Waals surface area contributed by atoms with Gasteiger partial charge >= 0.3 is 0 Å². The zero-order valence-corrected chi connectivity index (χ0v) is 15.7. The van der Waals surface area contributed by atoms with Gasteiger partial charge in [0.1, 0.15) is 5.75 Å². The Morgan fingerprint density at radius 3 is 2.71 bits per heavy atom. The van der Waals surface area contributed by atoms with Crippen LogP contribution < -0.4 is 10.1 Å². The predicted octanol–water partition coefficient (Wildman–Crippen LogP) is 4.22. The van der Waals surface area contributed by atoms with E-state index in [9.17, 15) is 4.79 Å². The van der Waals surface area contributed by atoms with Crippen LogP contribution in [0.1, 0.15) is 22.8 Å². The monoisotopic (exact) mass is 372 g/mol. The molecule has 0 saturated heterocycles. The Hall–Kier alpha value is -3.67. The van der Waals surface area contributed by atoms with Gasteiger partial charge in [-0.15, -0.1) is 0 Å². The van der Waals surface area contributed by atoms with Gasteiger partial charge in [0.15, 0.2) is 17.2 Å². The Morgan fingerprint density at radius 2 is 1.96 bits per heavy atom. The van der Waals surface area contributed by atoms with E-state index in [2.05, 4.69) is 15.3 Å². The highest BCUT2D eigenvalue weighted by Gasteiger charge is 2.11. The molecule has 6 heteroatoms. The molecule has 0 atom stereocenters. The first kappa shape index (κ1) is 17.7. The molecule has 0 aliphatic carbocycles. The first-order chi connectivity index (χ1) is 13.7. The van der Waals surface area contributed by atoms with Crippen molar-refractivity contribution in [3.05, 3.63) is 78.2 Å². The molecule has 0 fully saturated rings. The molecule has 4 aromatic rings. The number of carbonyl (C=O) groups is 1. The van der Waals surface area contributed by atoms with Crippen molar-refractivity contribution in [1.29, 1.82) is 0 Å². The average molecular weight is 372 g/mol. The van der Waals surface area contributed by atoms with Crippen LogP contribution in [0, 0.1) is 0 Å². The summed E-state index contributed by atoms with van der Waals surface area (Å²) >= 11 is 0. The van der Waals surface area contributed by atoms with Gasteiger partial charge in [-0.1, -0.05) is 30.3 Å². The minimum Gasteiger partial charge on any atom is -0.497 e. The molecule has 2 aromatic carbocycles. The maximum absolute atomic E-state index is 11.7. The molecule has 140 valence electrons. The Balaban J connectivity index is 1.63. The van der Waals surface area contributed by atoms with Crippen molar-refractivity contribution in [2.45, 2.75) is 13.5 Å². The number of methoxy groups -OCH3 is 1. The lowest BCUT2D eigenvalue weighted by atomic mass is 10.1. The summed E-state index contributed by atoms with van der Waals surface area (Å²) in [6, 6.07) is 15.4. The highest BCUT2D eigenvalue weighted by molar-refractivity contribution is 5.95. The quantitative estimate of drug-likeness (QED) is 0.513. The van der Waals surface area contributed by atoms with E-state index in [1.807, 2.05) is 59.1 Å². The van der Waals surface area contributed by atoms with Crippen molar-refractivity contribution in [2.24, 2.45) is 0 Å². The second-order valence-electron chi connectivity index (χ2n) is 6.45. The van der Waals surface area contributed by atoms with Crippen LogP contribution in [0.15, 0.2) is 67.1 Å². The number of imidazole rings is 1. The Kier molecular flexibility index (Phi) is 4.76. The number of carbonyl (C=O) groups excluding carboxylic acids is 1. The Labute approximate surface area is 162 Å². The van der Waals surface area contributed by atoms with E-state index < -0.39 is 0 Å². The van der Waals surface area contributed by atoms with Gasteiger partial charge in [0, 0.05) is 30.1 Å². The fraction of sp³-hybridized carbons (Fsp3) is 0.136. The highest BCUT2D eigenvalue weighted by Crippen LogP contribution is 2.24. The van der Waals surface area contributed by atoms with Crippen LogP contribution in [-0.2, 0) is 6.54 Å². The smallest absolute Gasteiger partial charge is 0.180 e. The molecular weight excluding hydrogens is 352 g/mol. The summed E-state index contributed by atoms with van der Waals surface area (Å²) in [4.78, 5) is 20.7. The third-order valence-corrected chi connectivity index (χ3v) is 4.61. The highest BCUT2D eigenvalue weighted by atomic mass is 16.5. The summed E-state index contributed by atoms with van der Waals surface area (Å²) in [5.41, 5.74) is 4.33. The predicted molar refractivity (Wildman–Crippen MR) is 109 cm³/mol. The van der Waals surface area contributed by atoms with Crippen molar-refractivity contribution in [1.82, 2.24) is 14.4 Å². The number of Topliss-reactive ketones (excluding diaryl/α,β-unsaturated/α-hetero) is 1. The number of hydrogen-bond acceptors (Lipinski definition) is 5. The molecule has 0 bridgehead atoms. The molecular formula is C22H20N4O2. The van der Waals surface area contributed by atoms with Crippen LogP contribution in [0.25, 0.3) is 16.9 Å². The van der Waals surface area contributed by atoms with Crippen molar-refractivity contribution in [3.63, 3.8) is 0 Å². The Bertz CT molecular complexity index is 1130. The van der Waals surface area contributed by atoms with E-state index in [-0.39, 0.29) is 5.78 Å². The Morgan fingerprint density at radius 1 is 1.14 bits per heavy atom. The zero-order valence-electron chi connectivity index (χ0n) is 15.7. The van der Waals surface area contributed by atoms with E-state index in [4.69, 9.17) is 4.74 Å². The minimum absolute atomic E-state index is 0.0365. The summed E-state index contributed by atoms with van der Waals surface area (Å²) in [5.74, 6) is 1.57. The van der Waals surface area contributed by atoms with Crippen LogP contribution in [-0.4, -0.2) is 27.3 Å². The number of ketones is 1. The second-order valence-corrected chi connectivity index (χ2v) is 6.45. The zero-order chi connectivity index (χ0) is 19.5. The molecule has 2 heterocycles. The molecule has 2 aromatic heterocycles. The molecule has 6 nitrogen and oxygen atoms in total. The summed E-state index contributed by atoms with van der Waals surface area (Å²) in [5, 5.41) is 3.35. The summed E-state index contributed by atoms with van der Waals surface area (Å²) < 4.78 is 7.17. The van der Waals surface area contributed by atoms with Gasteiger partial charge in [0.2, 0.25) is 0 Å². The number of hydrogen-bond donors (Lipinski definition) is 1. The summed E-state index contributed by atoms with van der Waals surface area (Å²) in [6.07, 6.45) is 5.43. The lowest BCUT2D eigenvalue weighted by Gasteiger charge is -2.11. The number of aromatic nitrogens is 3. The number of fused-ring (bicyclic) bond motifs is 1. The number of anilines is 1. The molecule has 1 N–H and O–H groups in total. The van der Waals surface area contributed by atoms with Crippen LogP contribution in [0.3, 0.4) is 0 Å². The van der Waals surface area contributed by atoms with Gasteiger partial charge in [-0.3, -0.25) is 9.20 Å². The van der Waals surface area contributed by atoms with Gasteiger partial charge in [0.05, 0.1) is 19.0 Å². The van der Waals surface area contributed by atoms with Crippen LogP contribution >= 0.6 is 0 Å². The summed E-state index contributed by atoms with van der Waals surface area (Å²) in [7, 11) is 1.65. The molecule has 0 amide bonds. The topological polar surface area (TPSA) is 68.5 Å². The van der Waals surface area contributed by atoms with Crippen molar-refractivity contribution in [2.75, 3.05) is 12.4 Å². The number of nitrogens with zero attached hydrogens (tertiary/aromatic N) is 3. The lowest BCUT2D eigenvalue weighted by molar-refractivity contribution is 0.101. The van der Waals surface area contributed by atoms with Gasteiger partial charge in [-0.05, 0) is 30.7 Å². The van der Waals surface area contributed by atoms with Crippen molar-refractivity contribution < 1.29 is 9.53 Å². The van der Waals surface area contributed by atoms with Gasteiger partial charge in [-0.25, -0.2) is 9.97 Å². The molecule has 0 aliphatic rings. The number of rotatable bonds is 6. The van der Waals surface area contributed by atoms with Crippen LogP contribution in [0.5, 0.6) is 5.75 Å². The maximum atomic E-state index is 11.7. The van der Waals surface area contributed by atoms with E-state index >= 15 is 0 Å². The van der Waals surface area contributed by atoms with Gasteiger partial charge in [-0.2, -0.15) is 0 Å². The maximum Gasteiger partial charge on any atom is 0.180 e. The fourth-order valence-corrected chi connectivity index (χ4v) is 3.08. The van der Waals surface area contributed by atoms with E-state index in [0.29, 0.717) is 17.9 Å². The largest absolute Gasteiger partial charge is 0.497 e. The van der Waals surface area contributed by atoms with Crippen molar-refractivity contribution >= 4 is 17.2 Å².